The van der Waals surface area contributed by atoms with Gasteiger partial charge in [-0.1, -0.05) is 0 Å². The number of ether oxygens (including phenoxy) is 1. The Morgan fingerprint density at radius 2 is 1.95 bits per heavy atom. The average molecular weight is 319 g/mol. The van der Waals surface area contributed by atoms with Gasteiger partial charge in [0.2, 0.25) is 5.88 Å². The minimum Gasteiger partial charge on any atom is -0.478 e. The van der Waals surface area contributed by atoms with Gasteiger partial charge < -0.3 is 14.7 Å². The summed E-state index contributed by atoms with van der Waals surface area (Å²) in [6.45, 7) is 3.98. The molecule has 124 valence electrons. The van der Waals surface area contributed by atoms with Gasteiger partial charge in [0.05, 0.1) is 6.61 Å². The number of aliphatic hydroxyl groups is 1. The summed E-state index contributed by atoms with van der Waals surface area (Å²) < 4.78 is 43.9. The first kappa shape index (κ1) is 16.8. The van der Waals surface area contributed by atoms with Gasteiger partial charge in [0.1, 0.15) is 12.1 Å². The fraction of sp³-hybridized carbons (Fsp3) is 0.714. The molecule has 0 spiro atoms. The van der Waals surface area contributed by atoms with Gasteiger partial charge in [-0.15, -0.1) is 0 Å². The molecule has 0 radical (unpaired) electrons. The Morgan fingerprint density at radius 3 is 2.50 bits per heavy atom. The molecule has 0 saturated carbocycles. The Balaban J connectivity index is 2.02. The lowest BCUT2D eigenvalue weighted by Gasteiger charge is -2.40. The predicted octanol–water partition coefficient (Wildman–Crippen LogP) is 2.41. The number of rotatable bonds is 4. The molecule has 0 unspecified atom stereocenters. The molecule has 1 aliphatic rings. The zero-order valence-corrected chi connectivity index (χ0v) is 12.6. The maximum atomic E-state index is 12.9. The topological polar surface area (TPSA) is 58.5 Å². The second kappa shape index (κ2) is 6.28. The van der Waals surface area contributed by atoms with Crippen molar-refractivity contribution in [3.8, 4) is 5.88 Å². The van der Waals surface area contributed by atoms with E-state index in [0.717, 1.165) is 6.92 Å². The molecule has 0 aliphatic carbocycles. The monoisotopic (exact) mass is 319 g/mol. The molecule has 0 bridgehead atoms. The second-order valence-corrected chi connectivity index (χ2v) is 5.55. The van der Waals surface area contributed by atoms with Crippen LogP contribution in [0.25, 0.3) is 0 Å². The van der Waals surface area contributed by atoms with E-state index in [1.165, 1.54) is 6.33 Å². The molecule has 2 rings (SSSR count). The summed E-state index contributed by atoms with van der Waals surface area (Å²) in [5.41, 5.74) is -2.65. The molecule has 0 amide bonds. The van der Waals surface area contributed by atoms with Gasteiger partial charge in [-0.25, -0.2) is 9.97 Å². The molecule has 1 aromatic rings. The highest BCUT2D eigenvalue weighted by atomic mass is 19.4. The molecule has 5 nitrogen and oxygen atoms in total. The normalized spacial score (nSPS) is 19.8. The summed E-state index contributed by atoms with van der Waals surface area (Å²) in [7, 11) is 0. The molecular formula is C14H20F3N3O2. The van der Waals surface area contributed by atoms with Gasteiger partial charge >= 0.3 is 6.18 Å². The highest BCUT2D eigenvalue weighted by molar-refractivity contribution is 5.41. The van der Waals surface area contributed by atoms with Crippen LogP contribution in [0.15, 0.2) is 12.4 Å². The van der Waals surface area contributed by atoms with Crippen LogP contribution in [0.1, 0.15) is 26.7 Å². The molecule has 1 N–H and O–H groups in total. The molecule has 0 aromatic carbocycles. The lowest BCUT2D eigenvalue weighted by molar-refractivity contribution is -0.273. The van der Waals surface area contributed by atoms with Gasteiger partial charge in [-0.2, -0.15) is 13.2 Å². The smallest absolute Gasteiger partial charge is 0.417 e. The summed E-state index contributed by atoms with van der Waals surface area (Å²) in [4.78, 5) is 9.98. The van der Waals surface area contributed by atoms with E-state index in [1.807, 2.05) is 11.8 Å². The highest BCUT2D eigenvalue weighted by Crippen LogP contribution is 2.40. The number of piperidine rings is 1. The fourth-order valence-corrected chi connectivity index (χ4v) is 2.63. The number of halogens is 3. The van der Waals surface area contributed by atoms with Crippen LogP contribution in [-0.4, -0.2) is 46.5 Å². The van der Waals surface area contributed by atoms with Gasteiger partial charge in [0, 0.05) is 19.2 Å². The molecule has 2 heterocycles. The van der Waals surface area contributed by atoms with Crippen molar-refractivity contribution in [1.29, 1.82) is 0 Å². The van der Waals surface area contributed by atoms with E-state index >= 15 is 0 Å². The third kappa shape index (κ3) is 3.43. The van der Waals surface area contributed by atoms with Crippen LogP contribution in [0.5, 0.6) is 5.88 Å². The van der Waals surface area contributed by atoms with E-state index in [4.69, 9.17) is 4.74 Å². The third-order valence-electron chi connectivity index (χ3n) is 4.11. The van der Waals surface area contributed by atoms with Crippen LogP contribution in [0, 0.1) is 5.92 Å². The van der Waals surface area contributed by atoms with Crippen molar-refractivity contribution in [2.45, 2.75) is 38.5 Å². The van der Waals surface area contributed by atoms with Crippen LogP contribution in [0.2, 0.25) is 0 Å². The largest absolute Gasteiger partial charge is 0.478 e. The van der Waals surface area contributed by atoms with Crippen LogP contribution >= 0.6 is 0 Å². The Kier molecular flexibility index (Phi) is 4.79. The lowest BCUT2D eigenvalue weighted by Crippen LogP contribution is -2.52. The van der Waals surface area contributed by atoms with Crippen LogP contribution in [-0.2, 0) is 0 Å². The number of aromatic nitrogens is 2. The lowest BCUT2D eigenvalue weighted by atomic mass is 9.81. The molecule has 22 heavy (non-hydrogen) atoms. The Morgan fingerprint density at radius 1 is 1.32 bits per heavy atom. The Hall–Kier alpha value is -1.57. The van der Waals surface area contributed by atoms with Crippen LogP contribution in [0.4, 0.5) is 19.0 Å². The van der Waals surface area contributed by atoms with Crippen molar-refractivity contribution < 1.29 is 23.0 Å². The zero-order valence-electron chi connectivity index (χ0n) is 12.6. The fourth-order valence-electron chi connectivity index (χ4n) is 2.63. The van der Waals surface area contributed by atoms with Gasteiger partial charge in [-0.3, -0.25) is 0 Å². The van der Waals surface area contributed by atoms with Gasteiger partial charge in [-0.05, 0) is 32.6 Å². The Labute approximate surface area is 127 Å². The summed E-state index contributed by atoms with van der Waals surface area (Å²) in [5.74, 6) is 0.261. The summed E-state index contributed by atoms with van der Waals surface area (Å²) in [5, 5.41) is 9.76. The SMILES string of the molecule is CCOc1cc(N2CCC([C@@](C)(O)C(F)(F)F)CC2)ncn1. The van der Waals surface area contributed by atoms with E-state index < -0.39 is 17.7 Å². The molecule has 1 aliphatic heterocycles. The van der Waals surface area contributed by atoms with E-state index in [2.05, 4.69) is 9.97 Å². The van der Waals surface area contributed by atoms with Gasteiger partial charge in [0.15, 0.2) is 5.60 Å². The molecule has 8 heteroatoms. The van der Waals surface area contributed by atoms with Crippen molar-refractivity contribution in [2.24, 2.45) is 5.92 Å². The molecule has 1 atom stereocenters. The van der Waals surface area contributed by atoms with E-state index in [9.17, 15) is 18.3 Å². The van der Waals surface area contributed by atoms with Gasteiger partial charge in [0.25, 0.3) is 0 Å². The quantitative estimate of drug-likeness (QED) is 0.923. The summed E-state index contributed by atoms with van der Waals surface area (Å²) in [6, 6.07) is 1.67. The molecule has 1 saturated heterocycles. The maximum Gasteiger partial charge on any atom is 0.417 e. The standard InChI is InChI=1S/C14H20F3N3O2/c1-3-22-12-8-11(18-9-19-12)20-6-4-10(5-7-20)13(2,21)14(15,16)17/h8-10,21H,3-7H2,1-2H3/t13-/m1/s1. The van der Waals surface area contributed by atoms with Crippen LogP contribution in [0.3, 0.4) is 0 Å². The first-order valence-electron chi connectivity index (χ1n) is 7.24. The highest BCUT2D eigenvalue weighted by Gasteiger charge is 2.54. The minimum absolute atomic E-state index is 0.250. The number of alkyl halides is 3. The second-order valence-electron chi connectivity index (χ2n) is 5.55. The Bertz CT molecular complexity index is 500. The maximum absolute atomic E-state index is 12.9. The van der Waals surface area contributed by atoms with Crippen molar-refractivity contribution in [1.82, 2.24) is 9.97 Å². The first-order chi connectivity index (χ1) is 10.3. The zero-order chi connectivity index (χ0) is 16.4. The van der Waals surface area contributed by atoms with Crippen molar-refractivity contribution in [3.63, 3.8) is 0 Å². The third-order valence-corrected chi connectivity index (χ3v) is 4.11. The average Bonchev–Trinajstić information content (AvgIpc) is 2.47. The predicted molar refractivity (Wildman–Crippen MR) is 74.8 cm³/mol. The summed E-state index contributed by atoms with van der Waals surface area (Å²) in [6.07, 6.45) is -2.74. The molecule has 1 fully saturated rings. The van der Waals surface area contributed by atoms with Crippen molar-refractivity contribution in [3.05, 3.63) is 12.4 Å². The summed E-state index contributed by atoms with van der Waals surface area (Å²) >= 11 is 0. The van der Waals surface area contributed by atoms with E-state index in [0.29, 0.717) is 31.4 Å². The van der Waals surface area contributed by atoms with Crippen molar-refractivity contribution >= 4 is 5.82 Å². The number of hydrogen-bond acceptors (Lipinski definition) is 5. The molecular weight excluding hydrogens is 299 g/mol. The molecule has 1 aromatic heterocycles. The first-order valence-corrected chi connectivity index (χ1v) is 7.24. The number of nitrogens with zero attached hydrogens (tertiary/aromatic N) is 3. The minimum atomic E-state index is -4.61. The number of hydrogen-bond donors (Lipinski definition) is 1. The van der Waals surface area contributed by atoms with Crippen molar-refractivity contribution in [2.75, 3.05) is 24.6 Å². The van der Waals surface area contributed by atoms with E-state index in [-0.39, 0.29) is 12.8 Å². The van der Waals surface area contributed by atoms with E-state index in [1.54, 1.807) is 6.07 Å². The van der Waals surface area contributed by atoms with Crippen LogP contribution < -0.4 is 9.64 Å². The number of anilines is 1.